The number of nitrogens with zero attached hydrogens (tertiary/aromatic N) is 1. The molecule has 6 heteroatoms. The van der Waals surface area contributed by atoms with E-state index in [4.69, 9.17) is 4.74 Å². The van der Waals surface area contributed by atoms with Crippen LogP contribution < -0.4 is 10.6 Å². The van der Waals surface area contributed by atoms with E-state index in [9.17, 15) is 9.59 Å². The van der Waals surface area contributed by atoms with Gasteiger partial charge in [0, 0.05) is 31.6 Å². The number of carbonyl (C=O) groups is 2. The van der Waals surface area contributed by atoms with Crippen molar-refractivity contribution in [1.82, 2.24) is 15.5 Å². The summed E-state index contributed by atoms with van der Waals surface area (Å²) in [6.45, 7) is 11.9. The Morgan fingerprint density at radius 3 is 2.38 bits per heavy atom. The maximum Gasteiger partial charge on any atom is 0.242 e. The summed E-state index contributed by atoms with van der Waals surface area (Å²) in [4.78, 5) is 26.7. The summed E-state index contributed by atoms with van der Waals surface area (Å²) in [6.07, 6.45) is 0. The van der Waals surface area contributed by atoms with Crippen LogP contribution in [0.1, 0.15) is 38.8 Å². The van der Waals surface area contributed by atoms with Crippen LogP contribution in [0.2, 0.25) is 0 Å². The topological polar surface area (TPSA) is 70.7 Å². The van der Waals surface area contributed by atoms with Crippen molar-refractivity contribution in [3.63, 3.8) is 0 Å². The normalized spacial score (nSPS) is 16.8. The second-order valence-corrected chi connectivity index (χ2v) is 7.82. The van der Waals surface area contributed by atoms with Gasteiger partial charge in [0.15, 0.2) is 0 Å². The first-order valence-corrected chi connectivity index (χ1v) is 9.23. The van der Waals surface area contributed by atoms with E-state index in [1.54, 1.807) is 6.92 Å². The minimum atomic E-state index is -0.562. The highest BCUT2D eigenvalue weighted by molar-refractivity contribution is 5.89. The Morgan fingerprint density at radius 2 is 1.77 bits per heavy atom. The molecular weight excluding hydrogens is 330 g/mol. The molecule has 1 aliphatic rings. The van der Waals surface area contributed by atoms with E-state index in [1.165, 1.54) is 5.56 Å². The molecular formula is C20H31N3O3. The summed E-state index contributed by atoms with van der Waals surface area (Å²) in [6, 6.07) is 7.58. The molecule has 1 atom stereocenters. The third-order valence-corrected chi connectivity index (χ3v) is 4.49. The van der Waals surface area contributed by atoms with E-state index in [-0.39, 0.29) is 11.8 Å². The van der Waals surface area contributed by atoms with Crippen LogP contribution in [0, 0.1) is 5.41 Å². The van der Waals surface area contributed by atoms with Gasteiger partial charge in [-0.05, 0) is 18.1 Å². The van der Waals surface area contributed by atoms with Gasteiger partial charge in [0.25, 0.3) is 0 Å². The first-order chi connectivity index (χ1) is 12.3. The number of amides is 2. The van der Waals surface area contributed by atoms with Crippen molar-refractivity contribution in [2.45, 2.75) is 46.8 Å². The molecule has 26 heavy (non-hydrogen) atoms. The van der Waals surface area contributed by atoms with E-state index >= 15 is 0 Å². The number of carbonyl (C=O) groups excluding carboxylic acids is 2. The molecule has 0 saturated carbocycles. The molecule has 1 aromatic carbocycles. The summed E-state index contributed by atoms with van der Waals surface area (Å²) in [5.41, 5.74) is 1.79. The third-order valence-electron chi connectivity index (χ3n) is 4.49. The van der Waals surface area contributed by atoms with Crippen molar-refractivity contribution in [2.24, 2.45) is 5.41 Å². The lowest BCUT2D eigenvalue weighted by Crippen LogP contribution is -2.48. The molecule has 0 radical (unpaired) electrons. The Labute approximate surface area is 156 Å². The molecule has 2 amide bonds. The zero-order valence-corrected chi connectivity index (χ0v) is 16.3. The first-order valence-electron chi connectivity index (χ1n) is 9.23. The molecule has 144 valence electrons. The average molecular weight is 361 g/mol. The summed E-state index contributed by atoms with van der Waals surface area (Å²) < 4.78 is 5.40. The molecule has 2 N–H and O–H groups in total. The van der Waals surface area contributed by atoms with Gasteiger partial charge in [0.05, 0.1) is 13.2 Å². The van der Waals surface area contributed by atoms with Crippen molar-refractivity contribution in [1.29, 1.82) is 0 Å². The number of morpholine rings is 1. The van der Waals surface area contributed by atoms with Crippen LogP contribution in [-0.2, 0) is 27.4 Å². The summed E-state index contributed by atoms with van der Waals surface area (Å²) in [5.74, 6) is -0.309. The molecule has 0 bridgehead atoms. The molecule has 1 heterocycles. The minimum Gasteiger partial charge on any atom is -0.379 e. The van der Waals surface area contributed by atoms with Crippen molar-refractivity contribution in [3.05, 3.63) is 35.4 Å². The van der Waals surface area contributed by atoms with Crippen LogP contribution in [0.5, 0.6) is 0 Å². The zero-order valence-electron chi connectivity index (χ0n) is 16.3. The molecule has 0 spiro atoms. The van der Waals surface area contributed by atoms with Gasteiger partial charge < -0.3 is 15.4 Å². The number of nitrogens with one attached hydrogen (secondary N) is 2. The van der Waals surface area contributed by atoms with Gasteiger partial charge in [-0.2, -0.15) is 0 Å². The lowest BCUT2D eigenvalue weighted by Gasteiger charge is -2.27. The number of hydrogen-bond acceptors (Lipinski definition) is 4. The molecule has 1 fully saturated rings. The zero-order chi connectivity index (χ0) is 19.2. The van der Waals surface area contributed by atoms with Crippen LogP contribution >= 0.6 is 0 Å². The highest BCUT2D eigenvalue weighted by Crippen LogP contribution is 2.14. The van der Waals surface area contributed by atoms with Gasteiger partial charge in [0.1, 0.15) is 6.04 Å². The standard InChI is InChI=1S/C20H31N3O3/c1-15(22-19(25)20(2,3)4)18(24)21-13-16-7-5-6-8-17(16)14-23-9-11-26-12-10-23/h5-8,15H,9-14H2,1-4H3,(H,21,24)(H,22,25). The lowest BCUT2D eigenvalue weighted by atomic mass is 9.95. The van der Waals surface area contributed by atoms with Crippen molar-refractivity contribution >= 4 is 11.8 Å². The second-order valence-electron chi connectivity index (χ2n) is 7.82. The SMILES string of the molecule is CC(NC(=O)C(C)(C)C)C(=O)NCc1ccccc1CN1CCOCC1. The molecule has 6 nitrogen and oxygen atoms in total. The summed E-state index contributed by atoms with van der Waals surface area (Å²) in [7, 11) is 0. The molecule has 1 saturated heterocycles. The Kier molecular flexibility index (Phi) is 7.17. The smallest absolute Gasteiger partial charge is 0.242 e. The largest absolute Gasteiger partial charge is 0.379 e. The maximum atomic E-state index is 12.3. The number of ether oxygens (including phenoxy) is 1. The minimum absolute atomic E-state index is 0.132. The first kappa shape index (κ1) is 20.4. The van der Waals surface area contributed by atoms with E-state index in [1.807, 2.05) is 39.0 Å². The van der Waals surface area contributed by atoms with Gasteiger partial charge in [0.2, 0.25) is 11.8 Å². The number of benzene rings is 1. The van der Waals surface area contributed by atoms with Crippen molar-refractivity contribution in [2.75, 3.05) is 26.3 Å². The van der Waals surface area contributed by atoms with Crippen LogP contribution in [0.15, 0.2) is 24.3 Å². The lowest BCUT2D eigenvalue weighted by molar-refractivity contribution is -0.133. The fraction of sp³-hybridized carbons (Fsp3) is 0.600. The average Bonchev–Trinajstić information content (AvgIpc) is 2.60. The van der Waals surface area contributed by atoms with Gasteiger partial charge >= 0.3 is 0 Å². The molecule has 1 unspecified atom stereocenters. The quantitative estimate of drug-likeness (QED) is 0.809. The van der Waals surface area contributed by atoms with Crippen LogP contribution in [0.4, 0.5) is 0 Å². The van der Waals surface area contributed by atoms with E-state index in [2.05, 4.69) is 21.6 Å². The number of rotatable bonds is 6. The highest BCUT2D eigenvalue weighted by Gasteiger charge is 2.25. The van der Waals surface area contributed by atoms with Crippen LogP contribution in [0.25, 0.3) is 0 Å². The fourth-order valence-corrected chi connectivity index (χ4v) is 2.70. The van der Waals surface area contributed by atoms with E-state index in [0.717, 1.165) is 38.4 Å². The second kappa shape index (κ2) is 9.14. The molecule has 0 aromatic heterocycles. The number of hydrogen-bond donors (Lipinski definition) is 2. The van der Waals surface area contributed by atoms with E-state index < -0.39 is 11.5 Å². The van der Waals surface area contributed by atoms with Gasteiger partial charge in [-0.1, -0.05) is 45.0 Å². The van der Waals surface area contributed by atoms with E-state index in [0.29, 0.717) is 6.54 Å². The Bertz CT molecular complexity index is 619. The Balaban J connectivity index is 1.90. The highest BCUT2D eigenvalue weighted by atomic mass is 16.5. The van der Waals surface area contributed by atoms with Gasteiger partial charge in [-0.25, -0.2) is 0 Å². The monoisotopic (exact) mass is 361 g/mol. The fourth-order valence-electron chi connectivity index (χ4n) is 2.70. The summed E-state index contributed by atoms with van der Waals surface area (Å²) >= 11 is 0. The van der Waals surface area contributed by atoms with Crippen molar-refractivity contribution in [3.8, 4) is 0 Å². The molecule has 2 rings (SSSR count). The predicted octanol–water partition coefficient (Wildman–Crippen LogP) is 1.69. The summed E-state index contributed by atoms with van der Waals surface area (Å²) in [5, 5.41) is 5.70. The molecule has 0 aliphatic carbocycles. The van der Waals surface area contributed by atoms with Gasteiger partial charge in [-0.15, -0.1) is 0 Å². The molecule has 1 aliphatic heterocycles. The molecule has 1 aromatic rings. The third kappa shape index (κ3) is 6.11. The van der Waals surface area contributed by atoms with Crippen molar-refractivity contribution < 1.29 is 14.3 Å². The Hall–Kier alpha value is -1.92. The Morgan fingerprint density at radius 1 is 1.15 bits per heavy atom. The van der Waals surface area contributed by atoms with Crippen LogP contribution in [-0.4, -0.2) is 49.1 Å². The predicted molar refractivity (Wildman–Crippen MR) is 101 cm³/mol. The maximum absolute atomic E-state index is 12.3. The van der Waals surface area contributed by atoms with Gasteiger partial charge in [-0.3, -0.25) is 14.5 Å². The van der Waals surface area contributed by atoms with Crippen LogP contribution in [0.3, 0.4) is 0 Å².